The maximum Gasteiger partial charge on any atom is 0.307 e. The van der Waals surface area contributed by atoms with Gasteiger partial charge in [0, 0.05) is 29.5 Å². The molecule has 1 aliphatic rings. The molecule has 1 heterocycles. The van der Waals surface area contributed by atoms with Crippen molar-refractivity contribution in [1.29, 1.82) is 0 Å². The quantitative estimate of drug-likeness (QED) is 0.880. The van der Waals surface area contributed by atoms with Gasteiger partial charge in [0.2, 0.25) is 0 Å². The molecule has 2 aromatic rings. The van der Waals surface area contributed by atoms with Crippen LogP contribution in [0.25, 0.3) is 10.9 Å². The van der Waals surface area contributed by atoms with Crippen molar-refractivity contribution in [3.8, 4) is 5.75 Å². The van der Waals surface area contributed by atoms with E-state index in [9.17, 15) is 9.59 Å². The number of H-pyrrole nitrogens is 1. The van der Waals surface area contributed by atoms with Crippen molar-refractivity contribution in [3.05, 3.63) is 29.0 Å². The number of carboxylic acid groups (broad SMARTS) is 1. The molecule has 0 amide bonds. The van der Waals surface area contributed by atoms with Gasteiger partial charge in [0.15, 0.2) is 5.78 Å². The molecule has 5 nitrogen and oxygen atoms in total. The molecule has 0 spiro atoms. The van der Waals surface area contributed by atoms with Crippen molar-refractivity contribution in [2.45, 2.75) is 19.8 Å². The zero-order valence-electron chi connectivity index (χ0n) is 11.3. The van der Waals surface area contributed by atoms with E-state index in [2.05, 4.69) is 4.98 Å². The van der Waals surface area contributed by atoms with Crippen molar-refractivity contribution in [2.75, 3.05) is 7.11 Å². The van der Waals surface area contributed by atoms with Crippen LogP contribution in [0.2, 0.25) is 0 Å². The minimum absolute atomic E-state index is 0.0611. The number of nitrogens with one attached hydrogen (secondary N) is 1. The molecule has 0 aliphatic heterocycles. The van der Waals surface area contributed by atoms with Crippen LogP contribution in [-0.2, 0) is 11.2 Å². The predicted molar refractivity (Wildman–Crippen MR) is 73.4 cm³/mol. The van der Waals surface area contributed by atoms with E-state index in [1.165, 1.54) is 0 Å². The number of aliphatic carboxylic acids is 1. The number of ketones is 1. The predicted octanol–water partition coefficient (Wildman–Crippen LogP) is 2.31. The van der Waals surface area contributed by atoms with Gasteiger partial charge in [0.1, 0.15) is 5.75 Å². The van der Waals surface area contributed by atoms with Crippen LogP contribution >= 0.6 is 0 Å². The lowest BCUT2D eigenvalue weighted by Crippen LogP contribution is -2.25. The fourth-order valence-electron chi connectivity index (χ4n) is 2.91. The van der Waals surface area contributed by atoms with E-state index >= 15 is 0 Å². The van der Waals surface area contributed by atoms with Crippen molar-refractivity contribution in [2.24, 2.45) is 5.92 Å². The van der Waals surface area contributed by atoms with Crippen molar-refractivity contribution < 1.29 is 19.4 Å². The van der Waals surface area contributed by atoms with Crippen molar-refractivity contribution >= 4 is 22.7 Å². The summed E-state index contributed by atoms with van der Waals surface area (Å²) in [6.45, 7) is 1.94. The smallest absolute Gasteiger partial charge is 0.307 e. The largest absolute Gasteiger partial charge is 0.495 e. The number of hydrogen-bond donors (Lipinski definition) is 2. The molecule has 20 heavy (non-hydrogen) atoms. The number of Topliss-reactive ketones (excluding diaryl/α,β-unsaturated/α-hetero) is 1. The Kier molecular flexibility index (Phi) is 2.78. The van der Waals surface area contributed by atoms with Gasteiger partial charge in [0.25, 0.3) is 0 Å². The summed E-state index contributed by atoms with van der Waals surface area (Å²) in [5.41, 5.74) is 3.10. The van der Waals surface area contributed by atoms with E-state index in [4.69, 9.17) is 9.84 Å². The van der Waals surface area contributed by atoms with Crippen LogP contribution in [0.15, 0.2) is 12.1 Å². The Balaban J connectivity index is 2.24. The number of aromatic amines is 1. The lowest BCUT2D eigenvalue weighted by molar-refractivity contribution is -0.141. The molecule has 2 N–H and O–H groups in total. The summed E-state index contributed by atoms with van der Waals surface area (Å²) in [7, 11) is 1.58. The van der Waals surface area contributed by atoms with Gasteiger partial charge >= 0.3 is 5.97 Å². The maximum atomic E-state index is 12.3. The number of carboxylic acids is 1. The van der Waals surface area contributed by atoms with Crippen LogP contribution in [0.5, 0.6) is 5.75 Å². The third-order valence-electron chi connectivity index (χ3n) is 3.82. The first-order valence-corrected chi connectivity index (χ1v) is 6.46. The first kappa shape index (κ1) is 12.7. The number of aromatic nitrogens is 1. The molecule has 0 radical (unpaired) electrons. The highest BCUT2D eigenvalue weighted by Crippen LogP contribution is 2.36. The summed E-state index contributed by atoms with van der Waals surface area (Å²) in [4.78, 5) is 26.5. The summed E-state index contributed by atoms with van der Waals surface area (Å²) in [6, 6.07) is 3.83. The number of carbonyl (C=O) groups is 2. The first-order chi connectivity index (χ1) is 9.51. The van der Waals surface area contributed by atoms with Crippen molar-refractivity contribution in [3.63, 3.8) is 0 Å². The topological polar surface area (TPSA) is 79.4 Å². The molecule has 0 fully saturated rings. The third-order valence-corrected chi connectivity index (χ3v) is 3.82. The van der Waals surface area contributed by atoms with Gasteiger partial charge in [-0.2, -0.15) is 0 Å². The van der Waals surface area contributed by atoms with Crippen LogP contribution in [-0.4, -0.2) is 29.0 Å². The van der Waals surface area contributed by atoms with Gasteiger partial charge in [-0.1, -0.05) is 0 Å². The van der Waals surface area contributed by atoms with E-state index in [0.717, 1.165) is 16.5 Å². The fourth-order valence-corrected chi connectivity index (χ4v) is 2.91. The Labute approximate surface area is 115 Å². The summed E-state index contributed by atoms with van der Waals surface area (Å²) in [5.74, 6) is -1.01. The average molecular weight is 273 g/mol. The Morgan fingerprint density at radius 3 is 2.80 bits per heavy atom. The number of benzene rings is 1. The number of hydrogen-bond acceptors (Lipinski definition) is 3. The van der Waals surface area contributed by atoms with Crippen LogP contribution in [0, 0.1) is 12.8 Å². The van der Waals surface area contributed by atoms with Gasteiger partial charge in [0.05, 0.1) is 18.5 Å². The van der Waals surface area contributed by atoms with Gasteiger partial charge in [-0.15, -0.1) is 0 Å². The third kappa shape index (κ3) is 1.78. The summed E-state index contributed by atoms with van der Waals surface area (Å²) in [6.07, 6.45) is 0.416. The van der Waals surface area contributed by atoms with Crippen LogP contribution in [0.4, 0.5) is 0 Å². The normalized spacial score (nSPS) is 18.1. The number of aryl methyl sites for hydroxylation is 1. The van der Waals surface area contributed by atoms with Gasteiger partial charge in [-0.05, 0) is 24.6 Å². The van der Waals surface area contributed by atoms with Gasteiger partial charge in [-0.3, -0.25) is 9.59 Å². The summed E-state index contributed by atoms with van der Waals surface area (Å²) in [5, 5.41) is 9.94. The molecule has 1 atom stereocenters. The number of methoxy groups -OCH3 is 1. The standard InChI is InChI=1S/C15H15NO4/c1-7-3-9-13-10(16-14(9)12(4-7)20-2)5-8(15(18)19)6-11(13)17/h3-4,8,16H,5-6H2,1-2H3,(H,18,19). The summed E-state index contributed by atoms with van der Waals surface area (Å²) >= 11 is 0. The Morgan fingerprint density at radius 2 is 2.15 bits per heavy atom. The van der Waals surface area contributed by atoms with E-state index < -0.39 is 11.9 Å². The molecule has 104 valence electrons. The van der Waals surface area contributed by atoms with Gasteiger partial charge < -0.3 is 14.8 Å². The molecule has 5 heteroatoms. The molecule has 0 bridgehead atoms. The molecule has 1 aromatic heterocycles. The highest BCUT2D eigenvalue weighted by atomic mass is 16.5. The zero-order valence-corrected chi connectivity index (χ0v) is 11.3. The molecular formula is C15H15NO4. The van der Waals surface area contributed by atoms with E-state index in [0.29, 0.717) is 23.4 Å². The molecular weight excluding hydrogens is 258 g/mol. The fraction of sp³-hybridized carbons (Fsp3) is 0.333. The lowest BCUT2D eigenvalue weighted by atomic mass is 9.86. The molecule has 0 saturated heterocycles. The SMILES string of the molecule is COc1cc(C)cc2c3c([nH]c12)CC(C(=O)O)CC3=O. The zero-order chi connectivity index (χ0) is 14.4. The second-order valence-corrected chi connectivity index (χ2v) is 5.23. The maximum absolute atomic E-state index is 12.3. The van der Waals surface area contributed by atoms with Crippen LogP contribution in [0.1, 0.15) is 28.0 Å². The molecule has 1 unspecified atom stereocenters. The highest BCUT2D eigenvalue weighted by Gasteiger charge is 2.33. The molecule has 0 saturated carbocycles. The molecule has 3 rings (SSSR count). The molecule has 1 aliphatic carbocycles. The minimum atomic E-state index is -0.925. The Bertz CT molecular complexity index is 729. The van der Waals surface area contributed by atoms with E-state index in [-0.39, 0.29) is 12.2 Å². The average Bonchev–Trinajstić information content (AvgIpc) is 2.76. The second kappa shape index (κ2) is 4.37. The van der Waals surface area contributed by atoms with Crippen LogP contribution < -0.4 is 4.74 Å². The summed E-state index contributed by atoms with van der Waals surface area (Å²) < 4.78 is 5.34. The first-order valence-electron chi connectivity index (χ1n) is 6.46. The van der Waals surface area contributed by atoms with Gasteiger partial charge in [-0.25, -0.2) is 0 Å². The minimum Gasteiger partial charge on any atom is -0.495 e. The second-order valence-electron chi connectivity index (χ2n) is 5.23. The van der Waals surface area contributed by atoms with E-state index in [1.54, 1.807) is 7.11 Å². The number of rotatable bonds is 2. The Hall–Kier alpha value is -2.30. The number of fused-ring (bicyclic) bond motifs is 3. The number of ether oxygens (including phenoxy) is 1. The Morgan fingerprint density at radius 1 is 1.40 bits per heavy atom. The number of carbonyl (C=O) groups excluding carboxylic acids is 1. The van der Waals surface area contributed by atoms with Crippen LogP contribution in [0.3, 0.4) is 0 Å². The molecule has 1 aromatic carbocycles. The monoisotopic (exact) mass is 273 g/mol. The lowest BCUT2D eigenvalue weighted by Gasteiger charge is -2.17. The highest BCUT2D eigenvalue weighted by molar-refractivity contribution is 6.12. The van der Waals surface area contributed by atoms with E-state index in [1.807, 2.05) is 19.1 Å². The van der Waals surface area contributed by atoms with Crippen molar-refractivity contribution in [1.82, 2.24) is 4.98 Å².